The molecule has 0 N–H and O–H groups in total. The monoisotopic (exact) mass is 208 g/mol. The van der Waals surface area contributed by atoms with E-state index in [1.54, 1.807) is 4.90 Å². The van der Waals surface area contributed by atoms with Crippen molar-refractivity contribution in [1.82, 2.24) is 4.90 Å². The predicted octanol–water partition coefficient (Wildman–Crippen LogP) is -0.208. The molecule has 5 heteroatoms. The molecule has 5 nitrogen and oxygen atoms in total. The molecule has 1 saturated heterocycles. The molecule has 1 aliphatic heterocycles. The third kappa shape index (κ3) is 2.24. The Bertz CT molecular complexity index is 344. The molecular weight excluding hydrogens is 196 g/mol. The number of rotatable bonds is 1. The zero-order valence-electron chi connectivity index (χ0n) is 8.26. The van der Waals surface area contributed by atoms with Crippen molar-refractivity contribution in [3.05, 3.63) is 35.3 Å². The van der Waals surface area contributed by atoms with Crippen molar-refractivity contribution in [2.24, 2.45) is 0 Å². The lowest BCUT2D eigenvalue weighted by atomic mass is 10.2. The van der Waals surface area contributed by atoms with Gasteiger partial charge in [0.15, 0.2) is 12.4 Å². The number of pyridine rings is 1. The number of nitrogens with zero attached hydrogens (tertiary/aromatic N) is 2. The van der Waals surface area contributed by atoms with Gasteiger partial charge in [-0.2, -0.15) is 4.73 Å². The van der Waals surface area contributed by atoms with Crippen LogP contribution in [0.25, 0.3) is 0 Å². The summed E-state index contributed by atoms with van der Waals surface area (Å²) in [6, 6.07) is 3.07. The first-order valence-electron chi connectivity index (χ1n) is 4.83. The van der Waals surface area contributed by atoms with Gasteiger partial charge in [-0.15, -0.1) is 0 Å². The Hall–Kier alpha value is -1.62. The van der Waals surface area contributed by atoms with Crippen molar-refractivity contribution in [2.45, 2.75) is 0 Å². The van der Waals surface area contributed by atoms with Gasteiger partial charge in [-0.3, -0.25) is 4.79 Å². The minimum atomic E-state index is -0.0427. The summed E-state index contributed by atoms with van der Waals surface area (Å²) in [4.78, 5) is 13.6. The van der Waals surface area contributed by atoms with Crippen LogP contribution >= 0.6 is 0 Å². The lowest BCUT2D eigenvalue weighted by Crippen LogP contribution is -2.41. The van der Waals surface area contributed by atoms with Crippen LogP contribution in [-0.4, -0.2) is 37.1 Å². The van der Waals surface area contributed by atoms with E-state index in [1.807, 2.05) is 0 Å². The highest BCUT2D eigenvalue weighted by molar-refractivity contribution is 5.94. The molecule has 2 rings (SSSR count). The molecule has 0 bridgehead atoms. The maximum atomic E-state index is 11.9. The van der Waals surface area contributed by atoms with E-state index in [0.29, 0.717) is 36.6 Å². The van der Waals surface area contributed by atoms with Crippen molar-refractivity contribution in [1.29, 1.82) is 0 Å². The number of amides is 1. The van der Waals surface area contributed by atoms with Gasteiger partial charge in [-0.05, 0) is 0 Å². The first-order valence-corrected chi connectivity index (χ1v) is 4.83. The van der Waals surface area contributed by atoms with Crippen molar-refractivity contribution in [2.75, 3.05) is 26.3 Å². The topological polar surface area (TPSA) is 56.5 Å². The predicted molar refractivity (Wildman–Crippen MR) is 52.1 cm³/mol. The van der Waals surface area contributed by atoms with Gasteiger partial charge in [-0.1, -0.05) is 0 Å². The van der Waals surface area contributed by atoms with E-state index in [9.17, 15) is 10.0 Å². The number of ether oxygens (including phenoxy) is 1. The molecule has 0 spiro atoms. The van der Waals surface area contributed by atoms with Crippen LogP contribution in [0.4, 0.5) is 0 Å². The highest BCUT2D eigenvalue weighted by Crippen LogP contribution is 2.05. The van der Waals surface area contributed by atoms with Crippen LogP contribution in [0.2, 0.25) is 0 Å². The molecule has 80 valence electrons. The van der Waals surface area contributed by atoms with Gasteiger partial charge in [0, 0.05) is 25.2 Å². The molecule has 1 aliphatic rings. The van der Waals surface area contributed by atoms with E-state index in [0.717, 1.165) is 0 Å². The van der Waals surface area contributed by atoms with Crippen LogP contribution in [0, 0.1) is 5.21 Å². The van der Waals surface area contributed by atoms with Gasteiger partial charge in [0.1, 0.15) is 0 Å². The van der Waals surface area contributed by atoms with Crippen molar-refractivity contribution in [3.63, 3.8) is 0 Å². The van der Waals surface area contributed by atoms with Gasteiger partial charge in [0.2, 0.25) is 0 Å². The van der Waals surface area contributed by atoms with Crippen molar-refractivity contribution in [3.8, 4) is 0 Å². The van der Waals surface area contributed by atoms with Gasteiger partial charge in [0.05, 0.1) is 18.8 Å². The zero-order valence-corrected chi connectivity index (χ0v) is 8.26. The second-order valence-electron chi connectivity index (χ2n) is 3.35. The minimum absolute atomic E-state index is 0.0427. The lowest BCUT2D eigenvalue weighted by molar-refractivity contribution is -0.605. The summed E-state index contributed by atoms with van der Waals surface area (Å²) in [5, 5.41) is 10.8. The Morgan fingerprint density at radius 3 is 2.53 bits per heavy atom. The zero-order chi connectivity index (χ0) is 10.7. The van der Waals surface area contributed by atoms with Crippen LogP contribution in [-0.2, 0) is 4.74 Å². The third-order valence-corrected chi connectivity index (χ3v) is 2.35. The first-order chi connectivity index (χ1) is 7.27. The Kier molecular flexibility index (Phi) is 2.82. The number of carbonyl (C=O) groups excluding carboxylic acids is 1. The summed E-state index contributed by atoms with van der Waals surface area (Å²) < 4.78 is 5.82. The summed E-state index contributed by atoms with van der Waals surface area (Å²) in [6.07, 6.45) is 2.65. The van der Waals surface area contributed by atoms with Crippen LogP contribution in [0.15, 0.2) is 24.5 Å². The third-order valence-electron chi connectivity index (χ3n) is 2.35. The molecule has 0 unspecified atom stereocenters. The summed E-state index contributed by atoms with van der Waals surface area (Å²) >= 11 is 0. The first kappa shape index (κ1) is 9.92. The van der Waals surface area contributed by atoms with Gasteiger partial charge >= 0.3 is 0 Å². The molecule has 0 saturated carbocycles. The quantitative estimate of drug-likeness (QED) is 0.474. The molecule has 1 fully saturated rings. The average Bonchev–Trinajstić information content (AvgIpc) is 2.30. The second kappa shape index (κ2) is 4.27. The van der Waals surface area contributed by atoms with Gasteiger partial charge < -0.3 is 14.8 Å². The summed E-state index contributed by atoms with van der Waals surface area (Å²) in [6.45, 7) is 2.40. The van der Waals surface area contributed by atoms with Gasteiger partial charge in [-0.25, -0.2) is 0 Å². The number of carbonyl (C=O) groups is 1. The SMILES string of the molecule is O=C(c1cc[n+]([O-])cc1)N1CCOCC1. The molecule has 0 radical (unpaired) electrons. The van der Waals surface area contributed by atoms with Crippen molar-refractivity contribution >= 4 is 5.91 Å². The highest BCUT2D eigenvalue weighted by Gasteiger charge is 2.18. The van der Waals surface area contributed by atoms with E-state index >= 15 is 0 Å². The Morgan fingerprint density at radius 2 is 1.93 bits per heavy atom. The minimum Gasteiger partial charge on any atom is -0.619 e. The van der Waals surface area contributed by atoms with E-state index < -0.39 is 0 Å². The largest absolute Gasteiger partial charge is 0.619 e. The van der Waals surface area contributed by atoms with E-state index in [4.69, 9.17) is 4.74 Å². The molecule has 15 heavy (non-hydrogen) atoms. The number of morpholine rings is 1. The fraction of sp³-hybridized carbons (Fsp3) is 0.400. The van der Waals surface area contributed by atoms with Crippen LogP contribution < -0.4 is 4.73 Å². The smallest absolute Gasteiger partial charge is 0.254 e. The lowest BCUT2D eigenvalue weighted by Gasteiger charge is -2.26. The standard InChI is InChI=1S/C10H12N2O3/c13-10(11-5-7-15-8-6-11)9-1-3-12(14)4-2-9/h1-4H,5-8H2. The summed E-state index contributed by atoms with van der Waals surface area (Å²) in [5.74, 6) is -0.0427. The molecule has 0 aromatic carbocycles. The van der Waals surface area contributed by atoms with Crippen LogP contribution in [0.5, 0.6) is 0 Å². The molecule has 0 aliphatic carbocycles. The average molecular weight is 208 g/mol. The summed E-state index contributed by atoms with van der Waals surface area (Å²) in [5.41, 5.74) is 0.545. The number of aromatic nitrogens is 1. The summed E-state index contributed by atoms with van der Waals surface area (Å²) in [7, 11) is 0. The fourth-order valence-electron chi connectivity index (χ4n) is 1.50. The van der Waals surface area contributed by atoms with Crippen LogP contribution in [0.1, 0.15) is 10.4 Å². The normalized spacial score (nSPS) is 16.4. The fourth-order valence-corrected chi connectivity index (χ4v) is 1.50. The Labute approximate surface area is 87.5 Å². The van der Waals surface area contributed by atoms with Crippen LogP contribution in [0.3, 0.4) is 0 Å². The highest BCUT2D eigenvalue weighted by atomic mass is 16.5. The molecule has 1 aromatic rings. The van der Waals surface area contributed by atoms with E-state index in [-0.39, 0.29) is 5.91 Å². The van der Waals surface area contributed by atoms with E-state index in [1.165, 1.54) is 24.5 Å². The molecule has 1 aromatic heterocycles. The number of hydrogen-bond donors (Lipinski definition) is 0. The maximum absolute atomic E-state index is 11.9. The van der Waals surface area contributed by atoms with Gasteiger partial charge in [0.25, 0.3) is 5.91 Å². The maximum Gasteiger partial charge on any atom is 0.254 e. The van der Waals surface area contributed by atoms with Crippen molar-refractivity contribution < 1.29 is 14.3 Å². The Morgan fingerprint density at radius 1 is 1.33 bits per heavy atom. The molecule has 1 amide bonds. The molecule has 0 atom stereocenters. The van der Waals surface area contributed by atoms with E-state index in [2.05, 4.69) is 0 Å². The molecule has 2 heterocycles. The second-order valence-corrected chi connectivity index (χ2v) is 3.35. The number of hydrogen-bond acceptors (Lipinski definition) is 3. The Balaban J connectivity index is 2.09. The molecular formula is C10H12N2O3.